The van der Waals surface area contributed by atoms with E-state index in [4.69, 9.17) is 0 Å². The van der Waals surface area contributed by atoms with Gasteiger partial charge in [0, 0.05) is 6.07 Å². The average Bonchev–Trinajstić information content (AvgIpc) is 3.43. The number of rotatable bonds is 0. The number of hydrogen-bond acceptors (Lipinski definition) is 0. The van der Waals surface area contributed by atoms with Crippen LogP contribution in [0.25, 0.3) is 0 Å². The second-order valence-electron chi connectivity index (χ2n) is 5.31. The van der Waals surface area contributed by atoms with Gasteiger partial charge in [0.15, 0.2) is 0 Å². The summed E-state index contributed by atoms with van der Waals surface area (Å²) in [4.78, 5) is 0. The number of hydrogen-bond donors (Lipinski definition) is 0. The van der Waals surface area contributed by atoms with Crippen molar-refractivity contribution in [2.75, 3.05) is 0 Å². The van der Waals surface area contributed by atoms with E-state index in [1.54, 1.807) is 6.92 Å². The van der Waals surface area contributed by atoms with Gasteiger partial charge in [-0.3, -0.25) is 0 Å². The molecule has 2 fully saturated rings. The van der Waals surface area contributed by atoms with Crippen molar-refractivity contribution in [3.8, 4) is 0 Å². The van der Waals surface area contributed by atoms with Crippen LogP contribution in [-0.4, -0.2) is 6.17 Å². The Morgan fingerprint density at radius 3 is 1.50 bits per heavy atom. The predicted octanol–water partition coefficient (Wildman–Crippen LogP) is 7.11. The van der Waals surface area contributed by atoms with Crippen LogP contribution in [0.2, 0.25) is 0 Å². The van der Waals surface area contributed by atoms with Gasteiger partial charge in [-0.2, -0.15) is 0 Å². The normalized spacial score (nSPS) is 20.5. The molecular formula is C19H33F3. The van der Waals surface area contributed by atoms with Crippen molar-refractivity contribution in [2.45, 2.75) is 73.9 Å². The summed E-state index contributed by atoms with van der Waals surface area (Å²) in [6.45, 7) is 13.8. The topological polar surface area (TPSA) is 0 Å². The van der Waals surface area contributed by atoms with Gasteiger partial charge in [-0.1, -0.05) is 60.5 Å². The minimum absolute atomic E-state index is 0.384. The Bertz CT molecular complexity index is 367. The van der Waals surface area contributed by atoms with Crippen molar-refractivity contribution in [3.05, 3.63) is 35.4 Å². The van der Waals surface area contributed by atoms with E-state index in [9.17, 15) is 13.2 Å². The summed E-state index contributed by atoms with van der Waals surface area (Å²) in [5.74, 6) is 0.447. The van der Waals surface area contributed by atoms with E-state index in [1.807, 2.05) is 34.6 Å². The third-order valence-electron chi connectivity index (χ3n) is 3.01. The Balaban J connectivity index is 0. The van der Waals surface area contributed by atoms with E-state index < -0.39 is 17.8 Å². The first-order valence-corrected chi connectivity index (χ1v) is 8.46. The minimum Gasteiger partial charge on any atom is -0.247 e. The molecule has 3 rings (SSSR count). The number of halogens is 3. The highest BCUT2D eigenvalue weighted by atomic mass is 19.1. The van der Waals surface area contributed by atoms with Crippen LogP contribution in [0, 0.1) is 30.4 Å². The van der Waals surface area contributed by atoms with Crippen LogP contribution in [0.3, 0.4) is 0 Å². The zero-order valence-electron chi connectivity index (χ0n) is 15.2. The monoisotopic (exact) mass is 318 g/mol. The van der Waals surface area contributed by atoms with Crippen LogP contribution in [0.5, 0.6) is 0 Å². The number of benzene rings is 1. The van der Waals surface area contributed by atoms with Gasteiger partial charge < -0.3 is 0 Å². The van der Waals surface area contributed by atoms with Gasteiger partial charge in [0.1, 0.15) is 17.8 Å². The van der Waals surface area contributed by atoms with Crippen LogP contribution < -0.4 is 0 Å². The van der Waals surface area contributed by atoms with Crippen molar-refractivity contribution >= 4 is 0 Å². The fraction of sp³-hybridized carbons (Fsp3) is 0.684. The quantitative estimate of drug-likeness (QED) is 0.478. The second kappa shape index (κ2) is 13.7. The van der Waals surface area contributed by atoms with E-state index in [2.05, 4.69) is 6.92 Å². The van der Waals surface area contributed by atoms with Gasteiger partial charge in [-0.25, -0.2) is 13.2 Å². The highest BCUT2D eigenvalue weighted by Crippen LogP contribution is 2.32. The summed E-state index contributed by atoms with van der Waals surface area (Å²) in [6.07, 6.45) is 3.33. The summed E-state index contributed by atoms with van der Waals surface area (Å²) >= 11 is 0. The summed E-state index contributed by atoms with van der Waals surface area (Å²) in [5, 5.41) is 0. The van der Waals surface area contributed by atoms with Gasteiger partial charge in [0.05, 0.1) is 0 Å². The molecule has 22 heavy (non-hydrogen) atoms. The molecule has 0 nitrogen and oxygen atoms in total. The smallest absolute Gasteiger partial charge is 0.129 e. The lowest BCUT2D eigenvalue weighted by Gasteiger charge is -1.92. The lowest BCUT2D eigenvalue weighted by atomic mass is 10.2. The minimum atomic E-state index is -0.530. The van der Waals surface area contributed by atoms with Crippen molar-refractivity contribution in [3.63, 3.8) is 0 Å². The molecule has 0 unspecified atom stereocenters. The Hall–Kier alpha value is -0.990. The van der Waals surface area contributed by atoms with Gasteiger partial charge >= 0.3 is 0 Å². The van der Waals surface area contributed by atoms with Crippen LogP contribution in [-0.2, 0) is 0 Å². The Labute approximate surface area is 135 Å². The van der Waals surface area contributed by atoms with Crippen LogP contribution in [0.1, 0.15) is 66.4 Å². The van der Waals surface area contributed by atoms with Gasteiger partial charge in [-0.05, 0) is 36.8 Å². The van der Waals surface area contributed by atoms with Gasteiger partial charge in [0.25, 0.3) is 0 Å². The molecule has 0 radical (unpaired) electrons. The maximum atomic E-state index is 12.3. The molecule has 0 amide bonds. The highest BCUT2D eigenvalue weighted by Gasteiger charge is 2.31. The first-order chi connectivity index (χ1) is 10.4. The molecule has 1 aromatic rings. The lowest BCUT2D eigenvalue weighted by Crippen LogP contribution is -1.81. The van der Waals surface area contributed by atoms with E-state index >= 15 is 0 Å². The Morgan fingerprint density at radius 1 is 0.955 bits per heavy atom. The molecule has 2 atom stereocenters. The van der Waals surface area contributed by atoms with E-state index in [-0.39, 0.29) is 0 Å². The maximum Gasteiger partial charge on any atom is 0.129 e. The first-order valence-electron chi connectivity index (χ1n) is 8.46. The standard InChI is InChI=1S/C7H6F2.C4H7F.C4H8.2C2H6/c1-5-2-3-6(8)4-7(5)9;1-3-2-4(3)5;1-4-2-3-4;2*1-2/h2-4H,1H3;3-4H,2H2,1H3;4H,2-3H2,1H3;2*1-2H3/t;3-,4+;;;/m.1.../s1. The molecule has 0 N–H and O–H groups in total. The van der Waals surface area contributed by atoms with Crippen molar-refractivity contribution < 1.29 is 13.2 Å². The fourth-order valence-electron chi connectivity index (χ4n) is 1.01. The van der Waals surface area contributed by atoms with Crippen LogP contribution in [0.4, 0.5) is 13.2 Å². The molecule has 0 aliphatic heterocycles. The molecule has 3 heteroatoms. The molecule has 0 bridgehead atoms. The van der Waals surface area contributed by atoms with Gasteiger partial charge in [-0.15, -0.1) is 0 Å². The molecule has 0 spiro atoms. The Morgan fingerprint density at radius 2 is 1.32 bits per heavy atom. The summed E-state index contributed by atoms with van der Waals surface area (Å²) in [7, 11) is 0. The summed E-state index contributed by atoms with van der Waals surface area (Å²) in [5.41, 5.74) is 0.469. The first kappa shape index (κ1) is 23.3. The third-order valence-corrected chi connectivity index (χ3v) is 3.01. The SMILES string of the molecule is CC.CC.CC1CC1.C[C@@H]1C[C@@H]1F.Cc1ccc(F)cc1F. The second-order valence-corrected chi connectivity index (χ2v) is 5.31. The van der Waals surface area contributed by atoms with E-state index in [1.165, 1.54) is 25.0 Å². The van der Waals surface area contributed by atoms with Gasteiger partial charge in [0.2, 0.25) is 0 Å². The lowest BCUT2D eigenvalue weighted by molar-refractivity contribution is 0.454. The van der Waals surface area contributed by atoms with Crippen LogP contribution >= 0.6 is 0 Å². The van der Waals surface area contributed by atoms with E-state index in [0.717, 1.165) is 18.4 Å². The molecule has 2 aliphatic rings. The van der Waals surface area contributed by atoms with Crippen molar-refractivity contribution in [1.82, 2.24) is 0 Å². The summed E-state index contributed by atoms with van der Waals surface area (Å²) in [6, 6.07) is 3.51. The maximum absolute atomic E-state index is 12.3. The van der Waals surface area contributed by atoms with Crippen molar-refractivity contribution in [2.24, 2.45) is 11.8 Å². The zero-order valence-corrected chi connectivity index (χ0v) is 15.2. The predicted molar refractivity (Wildman–Crippen MR) is 90.9 cm³/mol. The third kappa shape index (κ3) is 14.0. The molecule has 0 heterocycles. The van der Waals surface area contributed by atoms with E-state index in [0.29, 0.717) is 11.5 Å². The molecule has 1 aromatic carbocycles. The molecule has 2 saturated carbocycles. The largest absolute Gasteiger partial charge is 0.247 e. The zero-order chi connectivity index (χ0) is 17.7. The highest BCUT2D eigenvalue weighted by molar-refractivity contribution is 5.16. The fourth-order valence-corrected chi connectivity index (χ4v) is 1.01. The molecule has 130 valence electrons. The molecular weight excluding hydrogens is 285 g/mol. The number of aryl methyl sites for hydroxylation is 1. The average molecular weight is 318 g/mol. The Kier molecular flexibility index (Phi) is 14.5. The molecule has 0 saturated heterocycles. The molecule has 2 aliphatic carbocycles. The molecule has 0 aromatic heterocycles. The van der Waals surface area contributed by atoms with Crippen LogP contribution in [0.15, 0.2) is 18.2 Å². The number of alkyl halides is 1. The summed E-state index contributed by atoms with van der Waals surface area (Å²) < 4.78 is 36.0. The van der Waals surface area contributed by atoms with Crippen molar-refractivity contribution in [1.29, 1.82) is 0 Å².